The number of ether oxygens (including phenoxy) is 1. The van der Waals surface area contributed by atoms with Gasteiger partial charge in [0.15, 0.2) is 4.32 Å². The van der Waals surface area contributed by atoms with Crippen LogP contribution in [0.25, 0.3) is 0 Å². The predicted molar refractivity (Wildman–Crippen MR) is 80.8 cm³/mol. The minimum Gasteiger partial charge on any atom is -0.500 e. The lowest BCUT2D eigenvalue weighted by atomic mass is 10.2. The molecule has 0 unspecified atom stereocenters. The molecule has 1 fully saturated rings. The van der Waals surface area contributed by atoms with E-state index in [2.05, 4.69) is 0 Å². The normalized spacial score (nSPS) is 16.9. The Morgan fingerprint density at radius 2 is 2.10 bits per heavy atom. The molecule has 7 heteroatoms. The monoisotopic (exact) mass is 309 g/mol. The SMILES string of the molecule is CCOC=C1SC(=S)N(c2ccc(C(=O)O)cc2)C1=O. The molecule has 5 nitrogen and oxygen atoms in total. The third kappa shape index (κ3) is 2.83. The lowest BCUT2D eigenvalue weighted by Crippen LogP contribution is -2.27. The number of nitrogens with zero attached hydrogens (tertiary/aromatic N) is 1. The van der Waals surface area contributed by atoms with Crippen LogP contribution in [0, 0.1) is 0 Å². The van der Waals surface area contributed by atoms with Crippen LogP contribution in [0.15, 0.2) is 35.4 Å². The van der Waals surface area contributed by atoms with E-state index in [9.17, 15) is 9.59 Å². The summed E-state index contributed by atoms with van der Waals surface area (Å²) in [5.74, 6) is -1.28. The molecule has 1 aliphatic heterocycles. The number of thiocarbonyl (C=S) groups is 1. The van der Waals surface area contributed by atoms with Crippen LogP contribution in [0.2, 0.25) is 0 Å². The number of aromatic carboxylic acids is 1. The lowest BCUT2D eigenvalue weighted by Gasteiger charge is -2.14. The van der Waals surface area contributed by atoms with Crippen molar-refractivity contribution >= 4 is 45.9 Å². The highest BCUT2D eigenvalue weighted by Crippen LogP contribution is 2.34. The van der Waals surface area contributed by atoms with Gasteiger partial charge in [-0.25, -0.2) is 4.79 Å². The van der Waals surface area contributed by atoms with Crippen molar-refractivity contribution in [2.75, 3.05) is 11.5 Å². The molecule has 0 saturated carbocycles. The molecule has 104 valence electrons. The minimum atomic E-state index is -1.02. The summed E-state index contributed by atoms with van der Waals surface area (Å²) in [6, 6.07) is 5.97. The van der Waals surface area contributed by atoms with Crippen molar-refractivity contribution in [3.05, 3.63) is 41.0 Å². The van der Waals surface area contributed by atoms with Gasteiger partial charge < -0.3 is 9.84 Å². The summed E-state index contributed by atoms with van der Waals surface area (Å²) in [7, 11) is 0. The van der Waals surface area contributed by atoms with Gasteiger partial charge >= 0.3 is 5.97 Å². The quantitative estimate of drug-likeness (QED) is 0.524. The van der Waals surface area contributed by atoms with Gasteiger partial charge in [-0.15, -0.1) is 0 Å². The van der Waals surface area contributed by atoms with Crippen LogP contribution in [-0.4, -0.2) is 27.9 Å². The number of carbonyl (C=O) groups is 2. The maximum atomic E-state index is 12.2. The molecule has 1 saturated heterocycles. The van der Waals surface area contributed by atoms with E-state index in [1.807, 2.05) is 6.92 Å². The summed E-state index contributed by atoms with van der Waals surface area (Å²) in [6.07, 6.45) is 1.39. The summed E-state index contributed by atoms with van der Waals surface area (Å²) >= 11 is 6.32. The number of carbonyl (C=O) groups excluding carboxylic acids is 1. The number of benzene rings is 1. The molecule has 0 bridgehead atoms. The van der Waals surface area contributed by atoms with E-state index in [-0.39, 0.29) is 11.5 Å². The van der Waals surface area contributed by atoms with Gasteiger partial charge in [0.25, 0.3) is 5.91 Å². The maximum Gasteiger partial charge on any atom is 0.335 e. The van der Waals surface area contributed by atoms with E-state index in [1.54, 1.807) is 12.1 Å². The second-order valence-electron chi connectivity index (χ2n) is 3.80. The zero-order valence-corrected chi connectivity index (χ0v) is 12.2. The zero-order valence-electron chi connectivity index (χ0n) is 10.5. The number of carboxylic acid groups (broad SMARTS) is 1. The first kappa shape index (κ1) is 14.5. The van der Waals surface area contributed by atoms with Crippen LogP contribution in [0.4, 0.5) is 5.69 Å². The van der Waals surface area contributed by atoms with Gasteiger partial charge in [0, 0.05) is 0 Å². The van der Waals surface area contributed by atoms with E-state index < -0.39 is 5.97 Å². The number of carboxylic acids is 1. The lowest BCUT2D eigenvalue weighted by molar-refractivity contribution is -0.113. The van der Waals surface area contributed by atoms with Crippen molar-refractivity contribution in [1.29, 1.82) is 0 Å². The van der Waals surface area contributed by atoms with Crippen molar-refractivity contribution in [2.24, 2.45) is 0 Å². The fourth-order valence-corrected chi connectivity index (χ4v) is 2.81. The van der Waals surface area contributed by atoms with Crippen molar-refractivity contribution in [3.8, 4) is 0 Å². The van der Waals surface area contributed by atoms with Gasteiger partial charge in [-0.05, 0) is 31.2 Å². The van der Waals surface area contributed by atoms with Crippen molar-refractivity contribution in [3.63, 3.8) is 0 Å². The molecule has 0 spiro atoms. The summed E-state index contributed by atoms with van der Waals surface area (Å²) in [6.45, 7) is 2.29. The smallest absolute Gasteiger partial charge is 0.335 e. The van der Waals surface area contributed by atoms with Gasteiger partial charge in [0.1, 0.15) is 11.2 Å². The van der Waals surface area contributed by atoms with Gasteiger partial charge in [0.05, 0.1) is 17.9 Å². The highest BCUT2D eigenvalue weighted by atomic mass is 32.2. The second kappa shape index (κ2) is 6.06. The Morgan fingerprint density at radius 3 is 2.65 bits per heavy atom. The third-order valence-corrected chi connectivity index (χ3v) is 3.80. The zero-order chi connectivity index (χ0) is 14.7. The Balaban J connectivity index is 2.26. The largest absolute Gasteiger partial charge is 0.500 e. The number of anilines is 1. The maximum absolute atomic E-state index is 12.2. The fourth-order valence-electron chi connectivity index (χ4n) is 1.59. The molecule has 0 aliphatic carbocycles. The molecule has 1 heterocycles. The number of rotatable bonds is 4. The van der Waals surface area contributed by atoms with Crippen LogP contribution in [0.5, 0.6) is 0 Å². The summed E-state index contributed by atoms with van der Waals surface area (Å²) in [5, 5.41) is 8.85. The van der Waals surface area contributed by atoms with Crippen molar-refractivity contribution in [2.45, 2.75) is 6.92 Å². The van der Waals surface area contributed by atoms with Crippen LogP contribution >= 0.6 is 24.0 Å². The average molecular weight is 309 g/mol. The Bertz CT molecular complexity index is 595. The molecular formula is C13H11NO4S2. The highest BCUT2D eigenvalue weighted by Gasteiger charge is 2.33. The Hall–Kier alpha value is -1.86. The van der Waals surface area contributed by atoms with Gasteiger partial charge in [0.2, 0.25) is 0 Å². The third-order valence-electron chi connectivity index (χ3n) is 2.52. The van der Waals surface area contributed by atoms with E-state index in [0.717, 1.165) is 11.8 Å². The van der Waals surface area contributed by atoms with Crippen molar-refractivity contribution in [1.82, 2.24) is 0 Å². The first-order chi connectivity index (χ1) is 9.54. The summed E-state index contributed by atoms with van der Waals surface area (Å²) < 4.78 is 5.50. The molecule has 1 aliphatic rings. The summed E-state index contributed by atoms with van der Waals surface area (Å²) in [5.41, 5.74) is 0.696. The topological polar surface area (TPSA) is 66.8 Å². The first-order valence-electron chi connectivity index (χ1n) is 5.76. The first-order valence-corrected chi connectivity index (χ1v) is 6.98. The van der Waals surface area contributed by atoms with E-state index >= 15 is 0 Å². The van der Waals surface area contributed by atoms with E-state index in [0.29, 0.717) is 21.5 Å². The van der Waals surface area contributed by atoms with Crippen LogP contribution in [0.1, 0.15) is 17.3 Å². The van der Waals surface area contributed by atoms with E-state index in [4.69, 9.17) is 22.1 Å². The molecule has 2 rings (SSSR count). The predicted octanol–water partition coefficient (Wildman–Crippen LogP) is 2.63. The molecule has 0 atom stereocenters. The molecule has 1 aromatic carbocycles. The van der Waals surface area contributed by atoms with Crippen LogP contribution < -0.4 is 4.90 Å². The van der Waals surface area contributed by atoms with Gasteiger partial charge in [-0.3, -0.25) is 9.69 Å². The minimum absolute atomic E-state index is 0.157. The Kier molecular flexibility index (Phi) is 4.41. The van der Waals surface area contributed by atoms with Crippen LogP contribution in [-0.2, 0) is 9.53 Å². The molecule has 1 aromatic rings. The molecule has 20 heavy (non-hydrogen) atoms. The molecular weight excluding hydrogens is 298 g/mol. The number of hydrogen-bond acceptors (Lipinski definition) is 5. The molecule has 0 aromatic heterocycles. The Morgan fingerprint density at radius 1 is 1.45 bits per heavy atom. The number of thioether (sulfide) groups is 1. The van der Waals surface area contributed by atoms with E-state index in [1.165, 1.54) is 23.3 Å². The second-order valence-corrected chi connectivity index (χ2v) is 5.47. The van der Waals surface area contributed by atoms with Gasteiger partial charge in [-0.2, -0.15) is 0 Å². The standard InChI is InChI=1S/C13H11NO4S2/c1-2-18-7-10-11(15)14(13(19)20-10)9-5-3-8(4-6-9)12(16)17/h3-7H,2H2,1H3,(H,16,17). The fraction of sp³-hybridized carbons (Fsp3) is 0.154. The van der Waals surface area contributed by atoms with Gasteiger partial charge in [-0.1, -0.05) is 24.0 Å². The Labute approximate surface area is 125 Å². The number of amides is 1. The van der Waals surface area contributed by atoms with Crippen molar-refractivity contribution < 1.29 is 19.4 Å². The highest BCUT2D eigenvalue weighted by molar-refractivity contribution is 8.27. The average Bonchev–Trinajstić information content (AvgIpc) is 2.71. The molecule has 1 amide bonds. The van der Waals surface area contributed by atoms with Crippen LogP contribution in [0.3, 0.4) is 0 Å². The molecule has 0 radical (unpaired) electrons. The summed E-state index contributed by atoms with van der Waals surface area (Å²) in [4.78, 5) is 24.8. The molecule has 1 N–H and O–H groups in total. The number of hydrogen-bond donors (Lipinski definition) is 1.